The lowest BCUT2D eigenvalue weighted by atomic mass is 9.86. The van der Waals surface area contributed by atoms with E-state index in [0.717, 1.165) is 19.0 Å². The Morgan fingerprint density at radius 1 is 1.21 bits per heavy atom. The van der Waals surface area contributed by atoms with Gasteiger partial charge >= 0.3 is 6.18 Å². The van der Waals surface area contributed by atoms with Crippen molar-refractivity contribution in [3.05, 3.63) is 40.1 Å². The van der Waals surface area contributed by atoms with Crippen molar-refractivity contribution < 1.29 is 32.7 Å². The molecule has 2 fully saturated rings. The smallest absolute Gasteiger partial charge is 0.379 e. The van der Waals surface area contributed by atoms with Crippen molar-refractivity contribution >= 4 is 23.5 Å². The minimum Gasteiger partial charge on any atom is -0.379 e. The molecule has 4 rings (SSSR count). The van der Waals surface area contributed by atoms with Crippen LogP contribution in [0.15, 0.2) is 23.4 Å². The number of carbonyl (C=O) groups is 2. The average Bonchev–Trinajstić information content (AvgIpc) is 3.52. The number of hydrogen-bond acceptors (Lipinski definition) is 10. The number of anilines is 2. The highest BCUT2D eigenvalue weighted by Gasteiger charge is 2.45. The highest BCUT2D eigenvalue weighted by molar-refractivity contribution is 5.92. The van der Waals surface area contributed by atoms with E-state index in [4.69, 9.17) is 9.94 Å². The molecule has 16 heteroatoms. The van der Waals surface area contributed by atoms with E-state index in [1.807, 2.05) is 4.90 Å². The summed E-state index contributed by atoms with van der Waals surface area (Å²) in [6.45, 7) is 4.28. The summed E-state index contributed by atoms with van der Waals surface area (Å²) >= 11 is 0. The minimum atomic E-state index is -4.84. The third-order valence-corrected chi connectivity index (χ3v) is 6.88. The summed E-state index contributed by atoms with van der Waals surface area (Å²) in [5, 5.41) is 16.5. The maximum Gasteiger partial charge on any atom is 0.423 e. The minimum absolute atomic E-state index is 0.0228. The zero-order chi connectivity index (χ0) is 28.2. The fourth-order valence-electron chi connectivity index (χ4n) is 4.93. The van der Waals surface area contributed by atoms with Gasteiger partial charge in [-0.3, -0.25) is 19.6 Å². The first-order valence-electron chi connectivity index (χ1n) is 12.3. The van der Waals surface area contributed by atoms with Crippen LogP contribution in [0.3, 0.4) is 0 Å². The maximum atomic E-state index is 13.2. The van der Waals surface area contributed by atoms with Crippen molar-refractivity contribution in [3.8, 4) is 0 Å². The molecule has 212 valence electrons. The van der Waals surface area contributed by atoms with Crippen molar-refractivity contribution in [3.63, 3.8) is 0 Å². The molecule has 2 amide bonds. The Labute approximate surface area is 220 Å². The van der Waals surface area contributed by atoms with Crippen molar-refractivity contribution in [1.82, 2.24) is 30.5 Å². The largest absolute Gasteiger partial charge is 0.423 e. The molecule has 0 bridgehead atoms. The summed E-state index contributed by atoms with van der Waals surface area (Å²) in [5.74, 6) is -0.292. The Hall–Kier alpha value is -3.79. The van der Waals surface area contributed by atoms with Crippen molar-refractivity contribution in [2.45, 2.75) is 38.4 Å². The van der Waals surface area contributed by atoms with Crippen LogP contribution in [0.5, 0.6) is 0 Å². The summed E-state index contributed by atoms with van der Waals surface area (Å²) in [4.78, 5) is 48.0. The fourth-order valence-corrected chi connectivity index (χ4v) is 4.93. The van der Waals surface area contributed by atoms with E-state index in [1.165, 1.54) is 17.9 Å². The number of ether oxygens (including phenoxy) is 1. The van der Waals surface area contributed by atoms with Gasteiger partial charge < -0.3 is 19.9 Å². The first-order valence-corrected chi connectivity index (χ1v) is 12.3. The molecule has 0 aliphatic carbocycles. The zero-order valence-electron chi connectivity index (χ0n) is 21.1. The number of amides is 2. The van der Waals surface area contributed by atoms with Gasteiger partial charge in [-0.2, -0.15) is 18.3 Å². The highest BCUT2D eigenvalue weighted by atomic mass is 19.4. The van der Waals surface area contributed by atoms with E-state index >= 15 is 0 Å². The van der Waals surface area contributed by atoms with Gasteiger partial charge in [-0.15, -0.1) is 0 Å². The van der Waals surface area contributed by atoms with Crippen LogP contribution < -0.4 is 21.3 Å². The molecule has 1 spiro atoms. The maximum absolute atomic E-state index is 13.2. The molecule has 13 nitrogen and oxygen atoms in total. The number of H-pyrrole nitrogens is 1. The second kappa shape index (κ2) is 11.5. The van der Waals surface area contributed by atoms with Gasteiger partial charge in [0.2, 0.25) is 11.9 Å². The molecule has 39 heavy (non-hydrogen) atoms. The van der Waals surface area contributed by atoms with Crippen molar-refractivity contribution in [2.24, 2.45) is 5.41 Å². The number of hydroxylamine groups is 1. The Bertz CT molecular complexity index is 1240. The molecule has 2 aliphatic heterocycles. The number of halogens is 3. The Kier molecular flexibility index (Phi) is 8.34. The number of carbonyl (C=O) groups excluding carboxylic acids is 2. The van der Waals surface area contributed by atoms with Gasteiger partial charge in [0.25, 0.3) is 11.5 Å². The summed E-state index contributed by atoms with van der Waals surface area (Å²) in [6, 6.07) is -0.571. The first-order chi connectivity index (χ1) is 18.5. The van der Waals surface area contributed by atoms with Crippen LogP contribution in [0.4, 0.5) is 24.8 Å². The van der Waals surface area contributed by atoms with Gasteiger partial charge in [-0.1, -0.05) is 0 Å². The van der Waals surface area contributed by atoms with E-state index in [9.17, 15) is 27.6 Å². The van der Waals surface area contributed by atoms with Crippen LogP contribution in [-0.4, -0.2) is 87.5 Å². The van der Waals surface area contributed by atoms with Crippen LogP contribution in [0.25, 0.3) is 0 Å². The molecule has 2 aliphatic rings. The second-order valence-electron chi connectivity index (χ2n) is 9.81. The molecule has 2 atom stereocenters. The summed E-state index contributed by atoms with van der Waals surface area (Å²) in [5.41, 5.74) is -1.55. The molecule has 0 aromatic carbocycles. The summed E-state index contributed by atoms with van der Waals surface area (Å²) < 4.78 is 45.1. The SMILES string of the molecule is C[C@@H](COCCC(=O)N1CCC2(CCN(c3ncc(C(=O)NO)cn3)C2)C1)Nc1cn[nH]c(=O)c1C(F)(F)F. The fraction of sp³-hybridized carbons (Fsp3) is 0.565. The zero-order valence-corrected chi connectivity index (χ0v) is 21.1. The van der Waals surface area contributed by atoms with Gasteiger partial charge in [0, 0.05) is 50.0 Å². The average molecular weight is 555 g/mol. The number of aromatic amines is 1. The predicted octanol–water partition coefficient (Wildman–Crippen LogP) is 1.03. The van der Waals surface area contributed by atoms with Gasteiger partial charge in [0.05, 0.1) is 37.1 Å². The molecule has 4 heterocycles. The molecule has 4 N–H and O–H groups in total. The number of rotatable bonds is 9. The van der Waals surface area contributed by atoms with Gasteiger partial charge in [0.1, 0.15) is 5.56 Å². The van der Waals surface area contributed by atoms with Crippen LogP contribution in [0.1, 0.15) is 42.1 Å². The Morgan fingerprint density at radius 3 is 2.62 bits per heavy atom. The summed E-state index contributed by atoms with van der Waals surface area (Å²) in [7, 11) is 0. The lowest BCUT2D eigenvalue weighted by molar-refractivity contribution is -0.138. The van der Waals surface area contributed by atoms with Crippen LogP contribution in [-0.2, 0) is 15.7 Å². The van der Waals surface area contributed by atoms with Gasteiger partial charge in [-0.25, -0.2) is 20.5 Å². The lowest BCUT2D eigenvalue weighted by Gasteiger charge is -2.25. The Morgan fingerprint density at radius 2 is 1.92 bits per heavy atom. The molecular formula is C23H29F3N8O5. The van der Waals surface area contributed by atoms with Gasteiger partial charge in [0.15, 0.2) is 0 Å². The van der Waals surface area contributed by atoms with Crippen molar-refractivity contribution in [1.29, 1.82) is 0 Å². The van der Waals surface area contributed by atoms with Crippen molar-refractivity contribution in [2.75, 3.05) is 49.6 Å². The molecule has 2 aromatic heterocycles. The third-order valence-electron chi connectivity index (χ3n) is 6.88. The second-order valence-corrected chi connectivity index (χ2v) is 9.81. The quantitative estimate of drug-likeness (QED) is 0.200. The number of nitrogens with one attached hydrogen (secondary N) is 3. The summed E-state index contributed by atoms with van der Waals surface area (Å²) in [6.07, 6.45) is 0.546. The third kappa shape index (κ3) is 6.62. The number of hydrogen-bond donors (Lipinski definition) is 4. The van der Waals surface area contributed by atoms with Crippen LogP contribution in [0.2, 0.25) is 0 Å². The first kappa shape index (κ1) is 28.2. The Balaban J connectivity index is 1.21. The van der Waals surface area contributed by atoms with Crippen LogP contribution >= 0.6 is 0 Å². The highest BCUT2D eigenvalue weighted by Crippen LogP contribution is 2.40. The predicted molar refractivity (Wildman–Crippen MR) is 130 cm³/mol. The molecule has 0 radical (unpaired) electrons. The number of likely N-dealkylation sites (tertiary alicyclic amines) is 1. The van der Waals surface area contributed by atoms with Crippen LogP contribution in [0, 0.1) is 5.41 Å². The van der Waals surface area contributed by atoms with E-state index in [2.05, 4.69) is 20.4 Å². The van der Waals surface area contributed by atoms with E-state index < -0.39 is 34.9 Å². The van der Waals surface area contributed by atoms with E-state index in [1.54, 1.807) is 16.9 Å². The number of aromatic nitrogens is 4. The molecule has 0 saturated carbocycles. The topological polar surface area (TPSA) is 166 Å². The monoisotopic (exact) mass is 554 g/mol. The lowest BCUT2D eigenvalue weighted by Crippen LogP contribution is -2.35. The van der Waals surface area contributed by atoms with E-state index in [0.29, 0.717) is 32.1 Å². The normalized spacial score (nSPS) is 19.9. The molecular weight excluding hydrogens is 525 g/mol. The number of nitrogens with zero attached hydrogens (tertiary/aromatic N) is 5. The molecule has 2 saturated heterocycles. The molecule has 2 aromatic rings. The standard InChI is InChI=1S/C23H29F3N8O5/c1-14(30-16-10-29-31-20(37)18(16)23(24,25)26)11-39-7-2-17(35)33-5-3-22(12-33)4-6-34(13-22)21-27-8-15(9-28-21)19(36)32-38/h8-10,14,38H,2-7,11-13H2,1H3,(H,32,36)(H2,30,31,37)/t14-,22?/m0/s1. The van der Waals surface area contributed by atoms with E-state index in [-0.39, 0.29) is 36.5 Å². The van der Waals surface area contributed by atoms with Gasteiger partial charge in [-0.05, 0) is 19.8 Å². The number of alkyl halides is 3. The molecule has 1 unspecified atom stereocenters.